The van der Waals surface area contributed by atoms with Crippen molar-refractivity contribution in [2.24, 2.45) is 11.8 Å². The Bertz CT molecular complexity index is 2200. The Morgan fingerprint density at radius 2 is 0.966 bits per heavy atom. The van der Waals surface area contributed by atoms with Gasteiger partial charge in [-0.3, -0.25) is 0 Å². The molecule has 0 aliphatic carbocycles. The highest BCUT2D eigenvalue weighted by atomic mass is 16.5. The molecular formula is C53H61BO4. The van der Waals surface area contributed by atoms with Crippen molar-refractivity contribution in [3.8, 4) is 46.0 Å². The molecule has 2 atom stereocenters. The van der Waals surface area contributed by atoms with E-state index in [0.717, 1.165) is 76.1 Å². The molecule has 2 aliphatic rings. The summed E-state index contributed by atoms with van der Waals surface area (Å²) in [5.41, 5.74) is 6.34. The number of rotatable bonds is 16. The van der Waals surface area contributed by atoms with Crippen molar-refractivity contribution < 1.29 is 18.9 Å². The van der Waals surface area contributed by atoms with Gasteiger partial charge in [0.15, 0.2) is 0 Å². The fraction of sp³-hybridized carbons (Fsp3) is 0.321. The van der Waals surface area contributed by atoms with Gasteiger partial charge in [0.2, 0.25) is 0 Å². The average molecular weight is 773 g/mol. The Morgan fingerprint density at radius 1 is 0.466 bits per heavy atom. The van der Waals surface area contributed by atoms with Gasteiger partial charge in [-0.15, -0.1) is 0 Å². The minimum Gasteiger partial charge on any atom is -0.458 e. The molecule has 0 N–H and O–H groups in total. The predicted octanol–water partition coefficient (Wildman–Crippen LogP) is 13.8. The Morgan fingerprint density at radius 3 is 1.62 bits per heavy atom. The molecule has 2 unspecified atom stereocenters. The zero-order valence-electron chi connectivity index (χ0n) is 34.2. The largest absolute Gasteiger partial charge is 0.458 e. The number of hydrogen-bond donors (Lipinski definition) is 0. The van der Waals surface area contributed by atoms with E-state index < -0.39 is 0 Å². The molecule has 0 saturated carbocycles. The third kappa shape index (κ3) is 10.5. The van der Waals surface area contributed by atoms with Crippen LogP contribution < -0.4 is 35.3 Å². The quantitative estimate of drug-likeness (QED) is 0.0917. The summed E-state index contributed by atoms with van der Waals surface area (Å²) in [6.07, 6.45) is 12.5. The van der Waals surface area contributed by atoms with Gasteiger partial charge in [0.05, 0.1) is 0 Å². The number of para-hydroxylation sites is 2. The van der Waals surface area contributed by atoms with Gasteiger partial charge in [-0.05, 0) is 107 Å². The lowest BCUT2D eigenvalue weighted by molar-refractivity contribution is 0.445. The molecule has 0 saturated heterocycles. The number of benzene rings is 6. The lowest BCUT2D eigenvalue weighted by Gasteiger charge is -2.33. The Hall–Kier alpha value is -5.42. The van der Waals surface area contributed by atoms with Crippen LogP contribution in [-0.4, -0.2) is 6.71 Å². The van der Waals surface area contributed by atoms with E-state index in [-0.39, 0.29) is 14.1 Å². The van der Waals surface area contributed by atoms with Gasteiger partial charge in [-0.1, -0.05) is 159 Å². The molecule has 300 valence electrons. The van der Waals surface area contributed by atoms with Crippen LogP contribution in [0.15, 0.2) is 140 Å². The van der Waals surface area contributed by atoms with Crippen molar-refractivity contribution in [1.82, 2.24) is 0 Å². The van der Waals surface area contributed by atoms with Crippen molar-refractivity contribution in [3.63, 3.8) is 0 Å². The van der Waals surface area contributed by atoms with Gasteiger partial charge in [0.25, 0.3) is 6.71 Å². The maximum Gasteiger partial charge on any atom is 0.260 e. The molecule has 0 amide bonds. The minimum atomic E-state index is 0. The van der Waals surface area contributed by atoms with Crippen LogP contribution in [-0.2, 0) is 12.8 Å². The van der Waals surface area contributed by atoms with Crippen molar-refractivity contribution in [2.75, 3.05) is 0 Å². The monoisotopic (exact) mass is 772 g/mol. The van der Waals surface area contributed by atoms with Crippen LogP contribution in [0.4, 0.5) is 0 Å². The Kier molecular flexibility index (Phi) is 15.2. The third-order valence-corrected chi connectivity index (χ3v) is 11.4. The normalized spacial score (nSPS) is 12.8. The molecule has 6 aromatic carbocycles. The molecular weight excluding hydrogens is 711 g/mol. The summed E-state index contributed by atoms with van der Waals surface area (Å²) < 4.78 is 24.6. The first kappa shape index (κ1) is 42.2. The SMILES string of the molecule is C.CCCCC(CC)Cc1ccc2c(c1)Oc1cccc3c1B2c1ccccc1O3.CCCCC(CC)Cc1cccc(Oc2cccc(Oc3ccccc3)c2)c1. The van der Waals surface area contributed by atoms with Crippen LogP contribution in [0.1, 0.15) is 97.6 Å². The summed E-state index contributed by atoms with van der Waals surface area (Å²) in [5, 5.41) is 0. The van der Waals surface area contributed by atoms with Gasteiger partial charge in [-0.25, -0.2) is 0 Å². The predicted molar refractivity (Wildman–Crippen MR) is 244 cm³/mol. The molecule has 2 aliphatic heterocycles. The molecule has 8 rings (SSSR count). The zero-order chi connectivity index (χ0) is 39.4. The third-order valence-electron chi connectivity index (χ3n) is 11.4. The van der Waals surface area contributed by atoms with Crippen LogP contribution in [0.2, 0.25) is 0 Å². The van der Waals surface area contributed by atoms with E-state index in [1.165, 1.54) is 73.4 Å². The first-order chi connectivity index (χ1) is 28.0. The molecule has 0 spiro atoms. The second kappa shape index (κ2) is 20.8. The second-order valence-corrected chi connectivity index (χ2v) is 15.6. The second-order valence-electron chi connectivity index (χ2n) is 15.6. The molecule has 58 heavy (non-hydrogen) atoms. The molecule has 2 heterocycles. The summed E-state index contributed by atoms with van der Waals surface area (Å²) in [6, 6.07) is 47.4. The van der Waals surface area contributed by atoms with Gasteiger partial charge in [0.1, 0.15) is 46.0 Å². The van der Waals surface area contributed by atoms with Crippen molar-refractivity contribution >= 4 is 23.1 Å². The van der Waals surface area contributed by atoms with E-state index in [0.29, 0.717) is 0 Å². The number of unbranched alkanes of at least 4 members (excludes halogenated alkanes) is 2. The van der Waals surface area contributed by atoms with Crippen LogP contribution in [0.3, 0.4) is 0 Å². The van der Waals surface area contributed by atoms with Crippen molar-refractivity contribution in [2.45, 2.75) is 99.3 Å². The van der Waals surface area contributed by atoms with E-state index in [4.69, 9.17) is 18.9 Å². The van der Waals surface area contributed by atoms with Crippen LogP contribution in [0.5, 0.6) is 46.0 Å². The lowest BCUT2D eigenvalue weighted by Crippen LogP contribution is -2.57. The van der Waals surface area contributed by atoms with E-state index >= 15 is 0 Å². The summed E-state index contributed by atoms with van der Waals surface area (Å²) in [7, 11) is 0. The Labute approximate surface area is 348 Å². The van der Waals surface area contributed by atoms with Crippen LogP contribution >= 0.6 is 0 Å². The minimum absolute atomic E-state index is 0. The summed E-state index contributed by atoms with van der Waals surface area (Å²) >= 11 is 0. The molecule has 4 nitrogen and oxygen atoms in total. The molecule has 5 heteroatoms. The maximum absolute atomic E-state index is 6.40. The highest BCUT2D eigenvalue weighted by molar-refractivity contribution is 6.98. The number of fused-ring (bicyclic) bond motifs is 4. The summed E-state index contributed by atoms with van der Waals surface area (Å²) in [4.78, 5) is 0. The topological polar surface area (TPSA) is 36.9 Å². The Balaban J connectivity index is 0.000000192. The molecule has 0 fully saturated rings. The standard InChI is InChI=1S/C26H27BO2.C26H30O2.CH4/c1-3-5-9-18(4-2)16-19-14-15-21-25(17-19)29-24-13-8-12-23-26(24)27(21)20-10-6-7-11-22(20)28-23;1-3-5-11-21(4-2)18-22-12-9-15-24(19-22)28-26-17-10-16-25(20-26)27-23-13-7-6-8-14-23;/h6-8,10-15,17-18H,3-5,9,16H2,1-2H3;6-10,12-17,19-21H,3-5,11,18H2,1-2H3;1H4. The van der Waals surface area contributed by atoms with Crippen molar-refractivity contribution in [1.29, 1.82) is 0 Å². The van der Waals surface area contributed by atoms with E-state index in [1.807, 2.05) is 78.9 Å². The van der Waals surface area contributed by atoms with Gasteiger partial charge in [-0.2, -0.15) is 0 Å². The summed E-state index contributed by atoms with van der Waals surface area (Å²) in [5.74, 6) is 8.52. The first-order valence-corrected chi connectivity index (χ1v) is 21.3. The molecule has 0 radical (unpaired) electrons. The van der Waals surface area contributed by atoms with E-state index in [9.17, 15) is 0 Å². The maximum atomic E-state index is 6.40. The molecule has 0 bridgehead atoms. The molecule has 6 aromatic rings. The van der Waals surface area contributed by atoms with E-state index in [2.05, 4.69) is 88.4 Å². The van der Waals surface area contributed by atoms with Gasteiger partial charge >= 0.3 is 0 Å². The zero-order valence-corrected chi connectivity index (χ0v) is 34.2. The van der Waals surface area contributed by atoms with E-state index in [1.54, 1.807) is 0 Å². The van der Waals surface area contributed by atoms with Gasteiger partial charge in [0, 0.05) is 11.5 Å². The fourth-order valence-electron chi connectivity index (χ4n) is 8.20. The van der Waals surface area contributed by atoms with Gasteiger partial charge < -0.3 is 18.9 Å². The number of ether oxygens (including phenoxy) is 4. The highest BCUT2D eigenvalue weighted by Gasteiger charge is 2.39. The van der Waals surface area contributed by atoms with Crippen LogP contribution in [0.25, 0.3) is 0 Å². The van der Waals surface area contributed by atoms with Crippen LogP contribution in [0, 0.1) is 11.8 Å². The fourth-order valence-corrected chi connectivity index (χ4v) is 8.20. The lowest BCUT2D eigenvalue weighted by atomic mass is 9.35. The average Bonchev–Trinajstić information content (AvgIpc) is 3.24. The highest BCUT2D eigenvalue weighted by Crippen LogP contribution is 2.35. The van der Waals surface area contributed by atoms with Crippen molar-refractivity contribution in [3.05, 3.63) is 151 Å². The smallest absolute Gasteiger partial charge is 0.260 e. The molecule has 0 aromatic heterocycles. The number of hydrogen-bond acceptors (Lipinski definition) is 4. The summed E-state index contributed by atoms with van der Waals surface area (Å²) in [6.45, 7) is 9.31. The first-order valence-electron chi connectivity index (χ1n) is 21.3.